The normalized spacial score (nSPS) is 20.1. The molecule has 0 heterocycles. The van der Waals surface area contributed by atoms with Gasteiger partial charge >= 0.3 is 0 Å². The zero-order chi connectivity index (χ0) is 10.7. The molecule has 0 saturated heterocycles. The minimum absolute atomic E-state index is 0.0136. The largest absolute Gasteiger partial charge is 0.207 e. The number of hydrogen-bond acceptors (Lipinski definition) is 0. The van der Waals surface area contributed by atoms with Gasteiger partial charge in [0.15, 0.2) is 0 Å². The van der Waals surface area contributed by atoms with Crippen LogP contribution in [0.25, 0.3) is 5.57 Å². The Balaban J connectivity index is 2.40. The van der Waals surface area contributed by atoms with E-state index in [0.29, 0.717) is 12.0 Å². The highest BCUT2D eigenvalue weighted by molar-refractivity contribution is 5.78. The van der Waals surface area contributed by atoms with E-state index in [1.165, 1.54) is 0 Å². The molecule has 1 heteroatoms. The smallest absolute Gasteiger partial charge is 0.126 e. The van der Waals surface area contributed by atoms with E-state index in [1.807, 2.05) is 36.4 Å². The van der Waals surface area contributed by atoms with E-state index in [4.69, 9.17) is 6.42 Å². The van der Waals surface area contributed by atoms with E-state index in [-0.39, 0.29) is 11.7 Å². The fourth-order valence-electron chi connectivity index (χ4n) is 1.66. The number of terminal acetylenes is 1. The van der Waals surface area contributed by atoms with Crippen molar-refractivity contribution >= 4 is 5.57 Å². The van der Waals surface area contributed by atoms with Crippen LogP contribution in [0.3, 0.4) is 0 Å². The molecule has 1 aromatic rings. The van der Waals surface area contributed by atoms with Gasteiger partial charge in [0.2, 0.25) is 0 Å². The zero-order valence-corrected chi connectivity index (χ0v) is 8.28. The average molecular weight is 198 g/mol. The van der Waals surface area contributed by atoms with Crippen LogP contribution in [-0.4, -0.2) is 0 Å². The summed E-state index contributed by atoms with van der Waals surface area (Å²) in [6.07, 6.45) is 9.33. The molecule has 0 aliphatic heterocycles. The third-order valence-corrected chi connectivity index (χ3v) is 2.48. The second-order valence-electron chi connectivity index (χ2n) is 3.51. The molecule has 15 heavy (non-hydrogen) atoms. The van der Waals surface area contributed by atoms with Crippen molar-refractivity contribution in [2.45, 2.75) is 6.42 Å². The van der Waals surface area contributed by atoms with Crippen molar-refractivity contribution in [1.29, 1.82) is 0 Å². The highest BCUT2D eigenvalue weighted by Crippen LogP contribution is 2.30. The summed E-state index contributed by atoms with van der Waals surface area (Å²) in [5.41, 5.74) is 1.50. The van der Waals surface area contributed by atoms with Crippen molar-refractivity contribution in [2.75, 3.05) is 0 Å². The van der Waals surface area contributed by atoms with Gasteiger partial charge in [0.1, 0.15) is 5.83 Å². The van der Waals surface area contributed by atoms with E-state index in [9.17, 15) is 4.39 Å². The van der Waals surface area contributed by atoms with Gasteiger partial charge in [-0.1, -0.05) is 42.3 Å². The lowest BCUT2D eigenvalue weighted by Crippen LogP contribution is -2.00. The Morgan fingerprint density at radius 1 is 1.27 bits per heavy atom. The minimum atomic E-state index is -0.173. The van der Waals surface area contributed by atoms with Crippen molar-refractivity contribution in [3.05, 3.63) is 53.9 Å². The maximum absolute atomic E-state index is 13.6. The van der Waals surface area contributed by atoms with Crippen LogP contribution >= 0.6 is 0 Å². The lowest BCUT2D eigenvalue weighted by atomic mass is 9.92. The fraction of sp³-hybridized carbons (Fsp3) is 0.143. The standard InChI is InChI=1S/C14H11F/c1-2-11-8-9-14(15)13(10-11)12-6-4-3-5-7-12/h1,3-7,9-11H,8H2. The molecule has 1 aromatic carbocycles. The second kappa shape index (κ2) is 4.14. The number of rotatable bonds is 1. The molecule has 0 radical (unpaired) electrons. The van der Waals surface area contributed by atoms with Crippen LogP contribution in [0.2, 0.25) is 0 Å². The molecular formula is C14H11F. The number of allylic oxidation sites excluding steroid dienone is 4. The SMILES string of the molecule is C#CC1C=C(c2ccccc2)C(F)=CC1. The first kappa shape index (κ1) is 9.73. The van der Waals surface area contributed by atoms with Gasteiger partial charge in [-0.3, -0.25) is 0 Å². The Morgan fingerprint density at radius 2 is 2.00 bits per heavy atom. The second-order valence-corrected chi connectivity index (χ2v) is 3.51. The van der Waals surface area contributed by atoms with Crippen molar-refractivity contribution in [3.63, 3.8) is 0 Å². The highest BCUT2D eigenvalue weighted by Gasteiger charge is 2.15. The summed E-state index contributed by atoms with van der Waals surface area (Å²) in [6.45, 7) is 0. The van der Waals surface area contributed by atoms with Crippen LogP contribution in [-0.2, 0) is 0 Å². The molecular weight excluding hydrogens is 187 g/mol. The van der Waals surface area contributed by atoms with Gasteiger partial charge in [0, 0.05) is 11.5 Å². The van der Waals surface area contributed by atoms with Gasteiger partial charge < -0.3 is 0 Å². The number of benzene rings is 1. The van der Waals surface area contributed by atoms with Gasteiger partial charge in [0.25, 0.3) is 0 Å². The Morgan fingerprint density at radius 3 is 2.67 bits per heavy atom. The molecule has 0 bridgehead atoms. The molecule has 74 valence electrons. The van der Waals surface area contributed by atoms with Gasteiger partial charge in [-0.2, -0.15) is 0 Å². The third-order valence-electron chi connectivity index (χ3n) is 2.48. The van der Waals surface area contributed by atoms with Crippen LogP contribution in [0.15, 0.2) is 48.3 Å². The molecule has 2 rings (SSSR count). The molecule has 0 saturated carbocycles. The maximum atomic E-state index is 13.6. The van der Waals surface area contributed by atoms with Crippen molar-refractivity contribution in [2.24, 2.45) is 5.92 Å². The van der Waals surface area contributed by atoms with Gasteiger partial charge in [0.05, 0.1) is 0 Å². The molecule has 1 atom stereocenters. The fourth-order valence-corrected chi connectivity index (χ4v) is 1.66. The molecule has 1 aliphatic carbocycles. The topological polar surface area (TPSA) is 0 Å². The van der Waals surface area contributed by atoms with Crippen molar-refractivity contribution in [1.82, 2.24) is 0 Å². The van der Waals surface area contributed by atoms with Crippen molar-refractivity contribution in [3.8, 4) is 12.3 Å². The van der Waals surface area contributed by atoms with Crippen LogP contribution < -0.4 is 0 Å². The summed E-state index contributed by atoms with van der Waals surface area (Å²) in [5.74, 6) is 2.48. The zero-order valence-electron chi connectivity index (χ0n) is 8.28. The van der Waals surface area contributed by atoms with Crippen molar-refractivity contribution < 1.29 is 4.39 Å². The molecule has 0 aromatic heterocycles. The van der Waals surface area contributed by atoms with Crippen LogP contribution in [0.1, 0.15) is 12.0 Å². The maximum Gasteiger partial charge on any atom is 0.126 e. The summed E-state index contributed by atoms with van der Waals surface area (Å²) >= 11 is 0. The Labute approximate surface area is 89.1 Å². The number of hydrogen-bond donors (Lipinski definition) is 0. The van der Waals surface area contributed by atoms with E-state index in [0.717, 1.165) is 5.56 Å². The van der Waals surface area contributed by atoms with Crippen LogP contribution in [0.5, 0.6) is 0 Å². The first-order valence-corrected chi connectivity index (χ1v) is 4.90. The number of halogens is 1. The summed E-state index contributed by atoms with van der Waals surface area (Å²) in [6, 6.07) is 9.47. The van der Waals surface area contributed by atoms with E-state index in [1.54, 1.807) is 6.08 Å². The molecule has 1 unspecified atom stereocenters. The lowest BCUT2D eigenvalue weighted by molar-refractivity contribution is 0.650. The lowest BCUT2D eigenvalue weighted by Gasteiger charge is -2.14. The first-order chi connectivity index (χ1) is 7.31. The minimum Gasteiger partial charge on any atom is -0.207 e. The van der Waals surface area contributed by atoms with Gasteiger partial charge in [-0.15, -0.1) is 6.42 Å². The molecule has 1 aliphatic rings. The van der Waals surface area contributed by atoms with E-state index in [2.05, 4.69) is 5.92 Å². The first-order valence-electron chi connectivity index (χ1n) is 4.90. The van der Waals surface area contributed by atoms with Gasteiger partial charge in [-0.05, 0) is 18.1 Å². The molecule has 0 spiro atoms. The summed E-state index contributed by atoms with van der Waals surface area (Å²) in [5, 5.41) is 0. The monoisotopic (exact) mass is 198 g/mol. The predicted octanol–water partition coefficient (Wildman–Crippen LogP) is 3.58. The van der Waals surface area contributed by atoms with Crippen LogP contribution in [0.4, 0.5) is 4.39 Å². The molecule has 0 fully saturated rings. The predicted molar refractivity (Wildman–Crippen MR) is 60.6 cm³/mol. The highest BCUT2D eigenvalue weighted by atomic mass is 19.1. The Hall–Kier alpha value is -1.81. The molecule has 0 amide bonds. The van der Waals surface area contributed by atoms with E-state index >= 15 is 0 Å². The third kappa shape index (κ3) is 1.99. The molecule has 0 N–H and O–H groups in total. The van der Waals surface area contributed by atoms with Crippen LogP contribution in [0, 0.1) is 18.3 Å². The van der Waals surface area contributed by atoms with Gasteiger partial charge in [-0.25, -0.2) is 4.39 Å². The summed E-state index contributed by atoms with van der Waals surface area (Å²) in [7, 11) is 0. The Bertz CT molecular complexity index is 446. The van der Waals surface area contributed by atoms with E-state index < -0.39 is 0 Å². The Kier molecular flexibility index (Phi) is 2.69. The average Bonchev–Trinajstić information content (AvgIpc) is 2.31. The summed E-state index contributed by atoms with van der Waals surface area (Å²) in [4.78, 5) is 0. The molecule has 0 nitrogen and oxygen atoms in total. The quantitative estimate of drug-likeness (QED) is 0.605. The summed E-state index contributed by atoms with van der Waals surface area (Å²) < 4.78 is 13.6.